The van der Waals surface area contributed by atoms with E-state index in [4.69, 9.17) is 0 Å². The molecule has 0 fully saturated rings. The number of aromatic nitrogens is 1. The molecule has 0 unspecified atom stereocenters. The Balaban J connectivity index is 1.87. The van der Waals surface area contributed by atoms with Crippen molar-refractivity contribution in [1.29, 1.82) is 0 Å². The minimum atomic E-state index is -0.144. The predicted octanol–water partition coefficient (Wildman–Crippen LogP) is 5.29. The number of hydrogen-bond acceptors (Lipinski definition) is 2. The van der Waals surface area contributed by atoms with Gasteiger partial charge < -0.3 is 10.1 Å². The van der Waals surface area contributed by atoms with E-state index in [9.17, 15) is 9.90 Å². The summed E-state index contributed by atoms with van der Waals surface area (Å²) < 4.78 is 1.74. The summed E-state index contributed by atoms with van der Waals surface area (Å²) in [6.07, 6.45) is 3.05. The minimum absolute atomic E-state index is 0.124. The van der Waals surface area contributed by atoms with Crippen LogP contribution < -0.4 is 0 Å². The first kappa shape index (κ1) is 15.1. The van der Waals surface area contributed by atoms with Crippen LogP contribution in [0.25, 0.3) is 17.0 Å². The maximum atomic E-state index is 12.2. The molecule has 3 nitrogen and oxygen atoms in total. The molecule has 0 radical (unpaired) electrons. The summed E-state index contributed by atoms with van der Waals surface area (Å²) in [6, 6.07) is 12.8. The third-order valence-electron chi connectivity index (χ3n) is 3.26. The van der Waals surface area contributed by atoms with Gasteiger partial charge in [0.2, 0.25) is 5.78 Å². The van der Waals surface area contributed by atoms with Gasteiger partial charge in [0.1, 0.15) is 5.75 Å². The Morgan fingerprint density at radius 1 is 1.05 bits per heavy atom. The maximum Gasteiger partial charge on any atom is 0.202 e. The molecule has 3 aromatic rings. The zero-order chi connectivity index (χ0) is 15.7. The van der Waals surface area contributed by atoms with Crippen LogP contribution in [-0.2, 0) is 0 Å². The van der Waals surface area contributed by atoms with Crippen molar-refractivity contribution in [3.8, 4) is 5.75 Å². The molecule has 0 aliphatic heterocycles. The molecule has 1 heterocycles. The molecule has 0 aliphatic carbocycles. The van der Waals surface area contributed by atoms with Crippen molar-refractivity contribution in [3.05, 3.63) is 68.7 Å². The van der Waals surface area contributed by atoms with Gasteiger partial charge in [-0.3, -0.25) is 4.79 Å². The number of rotatable bonds is 3. The second-order valence-electron chi connectivity index (χ2n) is 4.82. The molecule has 2 N–H and O–H groups in total. The molecule has 22 heavy (non-hydrogen) atoms. The Morgan fingerprint density at radius 2 is 1.77 bits per heavy atom. The molecule has 0 bridgehead atoms. The highest BCUT2D eigenvalue weighted by Gasteiger charge is 2.07. The first-order valence-corrected chi connectivity index (χ1v) is 8.11. The molecule has 110 valence electrons. The molecular formula is C17H11Br2NO2. The van der Waals surface area contributed by atoms with Gasteiger partial charge in [0.15, 0.2) is 0 Å². The number of hydrogen-bond donors (Lipinski definition) is 2. The number of fused-ring (bicyclic) bond motifs is 1. The molecule has 0 amide bonds. The second-order valence-corrected chi connectivity index (χ2v) is 6.65. The van der Waals surface area contributed by atoms with Gasteiger partial charge in [0.05, 0.1) is 5.69 Å². The summed E-state index contributed by atoms with van der Waals surface area (Å²) in [7, 11) is 0. The Hall–Kier alpha value is -1.85. The lowest BCUT2D eigenvalue weighted by Gasteiger charge is -1.99. The van der Waals surface area contributed by atoms with Crippen molar-refractivity contribution in [2.45, 2.75) is 0 Å². The molecule has 0 saturated carbocycles. The van der Waals surface area contributed by atoms with Crippen LogP contribution in [0.1, 0.15) is 16.1 Å². The number of halogens is 2. The largest absolute Gasteiger partial charge is 0.507 e. The smallest absolute Gasteiger partial charge is 0.202 e. The average molecular weight is 421 g/mol. The number of benzene rings is 2. The van der Waals surface area contributed by atoms with E-state index in [1.165, 1.54) is 6.08 Å². The van der Waals surface area contributed by atoms with E-state index in [-0.39, 0.29) is 11.5 Å². The topological polar surface area (TPSA) is 53.1 Å². The highest BCUT2D eigenvalue weighted by atomic mass is 79.9. The van der Waals surface area contributed by atoms with E-state index in [2.05, 4.69) is 36.8 Å². The molecular weight excluding hydrogens is 410 g/mol. The molecule has 0 spiro atoms. The zero-order valence-corrected chi connectivity index (χ0v) is 14.5. The summed E-state index contributed by atoms with van der Waals surface area (Å²) in [5, 5.41) is 10.8. The number of phenols is 1. The van der Waals surface area contributed by atoms with Gasteiger partial charge in [-0.25, -0.2) is 0 Å². The lowest BCUT2D eigenvalue weighted by atomic mass is 10.1. The third kappa shape index (κ3) is 3.15. The van der Waals surface area contributed by atoms with Crippen LogP contribution in [0.4, 0.5) is 0 Å². The van der Waals surface area contributed by atoms with Crippen molar-refractivity contribution in [3.63, 3.8) is 0 Å². The van der Waals surface area contributed by atoms with E-state index >= 15 is 0 Å². The van der Waals surface area contributed by atoms with Gasteiger partial charge in [-0.2, -0.15) is 0 Å². The van der Waals surface area contributed by atoms with Crippen molar-refractivity contribution in [2.75, 3.05) is 0 Å². The highest BCUT2D eigenvalue weighted by molar-refractivity contribution is 9.10. The van der Waals surface area contributed by atoms with Crippen LogP contribution in [-0.4, -0.2) is 15.9 Å². The van der Waals surface area contributed by atoms with Crippen LogP contribution >= 0.6 is 31.9 Å². The highest BCUT2D eigenvalue weighted by Crippen LogP contribution is 2.24. The number of aromatic amines is 1. The van der Waals surface area contributed by atoms with E-state index in [1.54, 1.807) is 18.2 Å². The van der Waals surface area contributed by atoms with Crippen molar-refractivity contribution in [2.24, 2.45) is 0 Å². The first-order chi connectivity index (χ1) is 10.5. The summed E-state index contributed by atoms with van der Waals surface area (Å²) in [5.41, 5.74) is 2.01. The SMILES string of the molecule is O=C(/C=C/c1ccc(Br)cc1O)c1cc2ccc(Br)cc2[nH]1. The van der Waals surface area contributed by atoms with Crippen molar-refractivity contribution < 1.29 is 9.90 Å². The fourth-order valence-corrected chi connectivity index (χ4v) is 2.86. The quantitative estimate of drug-likeness (QED) is 0.446. The number of nitrogens with one attached hydrogen (secondary N) is 1. The lowest BCUT2D eigenvalue weighted by Crippen LogP contribution is -1.93. The van der Waals surface area contributed by atoms with E-state index < -0.39 is 0 Å². The van der Waals surface area contributed by atoms with Crippen LogP contribution in [0.2, 0.25) is 0 Å². The lowest BCUT2D eigenvalue weighted by molar-refractivity contribution is 0.104. The molecule has 0 saturated heterocycles. The van der Waals surface area contributed by atoms with Crippen LogP contribution in [0.15, 0.2) is 57.5 Å². The molecule has 3 rings (SSSR count). The van der Waals surface area contributed by atoms with Crippen LogP contribution in [0.5, 0.6) is 5.75 Å². The Morgan fingerprint density at radius 3 is 2.55 bits per heavy atom. The monoisotopic (exact) mass is 419 g/mol. The number of ketones is 1. The number of allylic oxidation sites excluding steroid dienone is 1. The summed E-state index contributed by atoms with van der Waals surface area (Å²) in [4.78, 5) is 15.3. The summed E-state index contributed by atoms with van der Waals surface area (Å²) in [6.45, 7) is 0. The van der Waals surface area contributed by atoms with Gasteiger partial charge in [-0.05, 0) is 42.5 Å². The number of phenolic OH excluding ortho intramolecular Hbond substituents is 1. The predicted molar refractivity (Wildman–Crippen MR) is 95.2 cm³/mol. The standard InChI is InChI=1S/C17H11Br2NO2/c18-12-5-2-11-7-15(20-14(11)8-12)16(21)6-3-10-1-4-13(19)9-17(10)22/h1-9,20,22H/b6-3+. The Kier molecular flexibility index (Phi) is 4.18. The molecule has 0 aliphatic rings. The summed E-state index contributed by atoms with van der Waals surface area (Å²) in [5.74, 6) is -0.0198. The fourth-order valence-electron chi connectivity index (χ4n) is 2.15. The molecule has 1 aromatic heterocycles. The van der Waals surface area contributed by atoms with Gasteiger partial charge >= 0.3 is 0 Å². The first-order valence-electron chi connectivity index (χ1n) is 6.52. The van der Waals surface area contributed by atoms with Gasteiger partial charge in [-0.15, -0.1) is 0 Å². The van der Waals surface area contributed by atoms with Crippen LogP contribution in [0, 0.1) is 0 Å². The van der Waals surface area contributed by atoms with E-state index in [0.717, 1.165) is 19.8 Å². The molecule has 2 aromatic carbocycles. The van der Waals surface area contributed by atoms with Gasteiger partial charge in [-0.1, -0.05) is 44.0 Å². The van der Waals surface area contributed by atoms with E-state index in [0.29, 0.717) is 11.3 Å². The number of carbonyl (C=O) groups is 1. The number of H-pyrrole nitrogens is 1. The Bertz CT molecular complexity index is 897. The summed E-state index contributed by atoms with van der Waals surface area (Å²) >= 11 is 6.68. The molecule has 5 heteroatoms. The third-order valence-corrected chi connectivity index (χ3v) is 4.24. The maximum absolute atomic E-state index is 12.2. The Labute approximate surface area is 143 Å². The minimum Gasteiger partial charge on any atom is -0.507 e. The second kappa shape index (κ2) is 6.10. The van der Waals surface area contributed by atoms with Crippen molar-refractivity contribution >= 4 is 54.6 Å². The zero-order valence-electron chi connectivity index (χ0n) is 11.3. The van der Waals surface area contributed by atoms with Crippen LogP contribution in [0.3, 0.4) is 0 Å². The van der Waals surface area contributed by atoms with Gasteiger partial charge in [0, 0.05) is 25.4 Å². The normalized spacial score (nSPS) is 11.4. The fraction of sp³-hybridized carbons (Fsp3) is 0. The number of aromatic hydroxyl groups is 1. The molecule has 0 atom stereocenters. The number of carbonyl (C=O) groups excluding carboxylic acids is 1. The van der Waals surface area contributed by atoms with E-state index in [1.807, 2.05) is 30.3 Å². The van der Waals surface area contributed by atoms with Gasteiger partial charge in [0.25, 0.3) is 0 Å². The van der Waals surface area contributed by atoms with Crippen molar-refractivity contribution in [1.82, 2.24) is 4.98 Å². The average Bonchev–Trinajstić information content (AvgIpc) is 2.89.